The van der Waals surface area contributed by atoms with Crippen molar-refractivity contribution in [1.29, 1.82) is 0 Å². The predicted octanol–water partition coefficient (Wildman–Crippen LogP) is 2.26. The van der Waals surface area contributed by atoms with Crippen molar-refractivity contribution < 1.29 is 4.79 Å². The fourth-order valence-electron chi connectivity index (χ4n) is 1.22. The molecule has 0 aliphatic rings. The number of thiophene rings is 1. The van der Waals surface area contributed by atoms with Crippen LogP contribution >= 0.6 is 11.3 Å². The van der Waals surface area contributed by atoms with E-state index in [1.54, 1.807) is 11.3 Å². The summed E-state index contributed by atoms with van der Waals surface area (Å²) >= 11 is 1.62. The van der Waals surface area contributed by atoms with Crippen LogP contribution in [0.3, 0.4) is 0 Å². The second-order valence-corrected chi connectivity index (χ2v) is 3.51. The topological polar surface area (TPSA) is 45.8 Å². The minimum atomic E-state index is 0.388. The monoisotopic (exact) mass is 192 g/mol. The Morgan fingerprint density at radius 1 is 1.62 bits per heavy atom. The molecule has 1 N–H and O–H groups in total. The van der Waals surface area contributed by atoms with Gasteiger partial charge in [0.15, 0.2) is 12.1 Å². The average molecular weight is 192 g/mol. The summed E-state index contributed by atoms with van der Waals surface area (Å²) in [5.74, 6) is 0.388. The van der Waals surface area contributed by atoms with Crippen molar-refractivity contribution in [3.8, 4) is 11.3 Å². The number of carbonyl (C=O) groups is 1. The molecule has 0 bridgehead atoms. The molecule has 2 aromatic rings. The first kappa shape index (κ1) is 8.19. The quantitative estimate of drug-likeness (QED) is 0.742. The molecule has 2 rings (SSSR count). The lowest BCUT2D eigenvalue weighted by atomic mass is 10.2. The van der Waals surface area contributed by atoms with Crippen LogP contribution in [0.1, 0.15) is 16.3 Å². The van der Waals surface area contributed by atoms with Gasteiger partial charge in [0, 0.05) is 16.6 Å². The number of rotatable bonds is 2. The standard InChI is InChI=1S/C9H8N2OS/c1-6-9(7-2-3-13-5-7)11-8(4-12)10-6/h2-5H,1H3,(H,10,11). The number of nitrogens with zero attached hydrogens (tertiary/aromatic N) is 1. The molecule has 13 heavy (non-hydrogen) atoms. The molecule has 4 heteroatoms. The van der Waals surface area contributed by atoms with Gasteiger partial charge in [-0.3, -0.25) is 4.79 Å². The van der Waals surface area contributed by atoms with Gasteiger partial charge in [-0.1, -0.05) is 0 Å². The van der Waals surface area contributed by atoms with Crippen LogP contribution in [0.4, 0.5) is 0 Å². The molecular weight excluding hydrogens is 184 g/mol. The minimum absolute atomic E-state index is 0.388. The van der Waals surface area contributed by atoms with Crippen molar-refractivity contribution in [2.45, 2.75) is 6.92 Å². The van der Waals surface area contributed by atoms with Gasteiger partial charge >= 0.3 is 0 Å². The van der Waals surface area contributed by atoms with E-state index in [2.05, 4.69) is 9.97 Å². The number of aromatic amines is 1. The first-order valence-electron chi connectivity index (χ1n) is 3.85. The van der Waals surface area contributed by atoms with E-state index in [-0.39, 0.29) is 0 Å². The molecule has 66 valence electrons. The Morgan fingerprint density at radius 3 is 3.00 bits per heavy atom. The van der Waals surface area contributed by atoms with Gasteiger partial charge in [-0.15, -0.1) is 0 Å². The molecule has 0 spiro atoms. The van der Waals surface area contributed by atoms with E-state index >= 15 is 0 Å². The first-order chi connectivity index (χ1) is 6.31. The number of aromatic nitrogens is 2. The van der Waals surface area contributed by atoms with Crippen LogP contribution in [0.25, 0.3) is 11.3 Å². The van der Waals surface area contributed by atoms with Crippen LogP contribution in [0.15, 0.2) is 16.8 Å². The summed E-state index contributed by atoms with van der Waals surface area (Å²) in [6.45, 7) is 1.91. The molecule has 0 fully saturated rings. The molecule has 0 unspecified atom stereocenters. The van der Waals surface area contributed by atoms with Gasteiger partial charge in [0.05, 0.1) is 5.69 Å². The highest BCUT2D eigenvalue weighted by Gasteiger charge is 2.07. The van der Waals surface area contributed by atoms with Crippen LogP contribution in [0, 0.1) is 6.92 Å². The highest BCUT2D eigenvalue weighted by atomic mass is 32.1. The summed E-state index contributed by atoms with van der Waals surface area (Å²) in [4.78, 5) is 17.5. The fraction of sp³-hybridized carbons (Fsp3) is 0.111. The lowest BCUT2D eigenvalue weighted by molar-refractivity contribution is 0.111. The number of aldehydes is 1. The maximum absolute atomic E-state index is 10.5. The lowest BCUT2D eigenvalue weighted by Crippen LogP contribution is -1.80. The zero-order valence-electron chi connectivity index (χ0n) is 7.07. The zero-order valence-corrected chi connectivity index (χ0v) is 7.89. The zero-order chi connectivity index (χ0) is 9.26. The van der Waals surface area contributed by atoms with Gasteiger partial charge < -0.3 is 4.98 Å². The predicted molar refractivity (Wildman–Crippen MR) is 52.0 cm³/mol. The largest absolute Gasteiger partial charge is 0.339 e. The van der Waals surface area contributed by atoms with E-state index in [0.717, 1.165) is 23.2 Å². The van der Waals surface area contributed by atoms with Gasteiger partial charge in [0.25, 0.3) is 0 Å². The van der Waals surface area contributed by atoms with Crippen LogP contribution < -0.4 is 0 Å². The van der Waals surface area contributed by atoms with Crippen LogP contribution in [0.2, 0.25) is 0 Å². The fourth-order valence-corrected chi connectivity index (χ4v) is 1.86. The van der Waals surface area contributed by atoms with E-state index in [9.17, 15) is 4.79 Å². The normalized spacial score (nSPS) is 10.2. The molecule has 0 aromatic carbocycles. The summed E-state index contributed by atoms with van der Waals surface area (Å²) in [7, 11) is 0. The van der Waals surface area contributed by atoms with E-state index in [1.807, 2.05) is 23.8 Å². The number of carbonyl (C=O) groups excluding carboxylic acids is 1. The van der Waals surface area contributed by atoms with E-state index in [4.69, 9.17) is 0 Å². The van der Waals surface area contributed by atoms with Crippen LogP contribution in [-0.4, -0.2) is 16.3 Å². The molecular formula is C9H8N2OS. The highest BCUT2D eigenvalue weighted by molar-refractivity contribution is 7.08. The van der Waals surface area contributed by atoms with Gasteiger partial charge in [0.1, 0.15) is 0 Å². The summed E-state index contributed by atoms with van der Waals surface area (Å²) in [5, 5.41) is 4.00. The summed E-state index contributed by atoms with van der Waals surface area (Å²) in [6, 6.07) is 1.99. The third-order valence-electron chi connectivity index (χ3n) is 1.81. The molecule has 0 aliphatic carbocycles. The van der Waals surface area contributed by atoms with E-state index < -0.39 is 0 Å². The Bertz CT molecular complexity index is 417. The molecule has 0 saturated heterocycles. The third-order valence-corrected chi connectivity index (χ3v) is 2.49. The molecule has 0 radical (unpaired) electrons. The number of H-pyrrole nitrogens is 1. The Kier molecular flexibility index (Phi) is 1.98. The molecule has 2 heterocycles. The van der Waals surface area contributed by atoms with Gasteiger partial charge in [-0.2, -0.15) is 11.3 Å². The van der Waals surface area contributed by atoms with Crippen molar-refractivity contribution in [3.63, 3.8) is 0 Å². The lowest BCUT2D eigenvalue weighted by Gasteiger charge is -1.90. The Morgan fingerprint density at radius 2 is 2.46 bits per heavy atom. The second-order valence-electron chi connectivity index (χ2n) is 2.73. The SMILES string of the molecule is Cc1[nH]c(C=O)nc1-c1ccsc1. The van der Waals surface area contributed by atoms with Crippen molar-refractivity contribution in [2.75, 3.05) is 0 Å². The first-order valence-corrected chi connectivity index (χ1v) is 4.80. The summed E-state index contributed by atoms with van der Waals surface area (Å²) in [6.07, 6.45) is 0.725. The van der Waals surface area contributed by atoms with E-state index in [0.29, 0.717) is 5.82 Å². The molecule has 2 aromatic heterocycles. The molecule has 0 saturated carbocycles. The Balaban J connectivity index is 2.52. The van der Waals surface area contributed by atoms with Crippen LogP contribution in [-0.2, 0) is 0 Å². The average Bonchev–Trinajstić information content (AvgIpc) is 2.72. The molecule has 3 nitrogen and oxygen atoms in total. The molecule has 0 aliphatic heterocycles. The smallest absolute Gasteiger partial charge is 0.185 e. The summed E-state index contributed by atoms with van der Waals surface area (Å²) < 4.78 is 0. The molecule has 0 atom stereocenters. The number of imidazole rings is 1. The van der Waals surface area contributed by atoms with Gasteiger partial charge in [0.2, 0.25) is 0 Å². The van der Waals surface area contributed by atoms with Crippen molar-refractivity contribution in [2.24, 2.45) is 0 Å². The number of hydrogen-bond acceptors (Lipinski definition) is 3. The minimum Gasteiger partial charge on any atom is -0.339 e. The summed E-state index contributed by atoms with van der Waals surface area (Å²) in [5.41, 5.74) is 2.86. The van der Waals surface area contributed by atoms with Crippen LogP contribution in [0.5, 0.6) is 0 Å². The number of nitrogens with one attached hydrogen (secondary N) is 1. The molecule has 0 amide bonds. The number of hydrogen-bond donors (Lipinski definition) is 1. The number of aryl methyl sites for hydroxylation is 1. The Labute approximate surface area is 79.4 Å². The second kappa shape index (κ2) is 3.14. The van der Waals surface area contributed by atoms with Crippen molar-refractivity contribution in [1.82, 2.24) is 9.97 Å². The highest BCUT2D eigenvalue weighted by Crippen LogP contribution is 2.22. The van der Waals surface area contributed by atoms with Gasteiger partial charge in [-0.25, -0.2) is 4.98 Å². The van der Waals surface area contributed by atoms with Crippen molar-refractivity contribution in [3.05, 3.63) is 28.3 Å². The maximum Gasteiger partial charge on any atom is 0.185 e. The Hall–Kier alpha value is -1.42. The maximum atomic E-state index is 10.5. The van der Waals surface area contributed by atoms with E-state index in [1.165, 1.54) is 0 Å². The van der Waals surface area contributed by atoms with Crippen molar-refractivity contribution >= 4 is 17.6 Å². The van der Waals surface area contributed by atoms with Gasteiger partial charge in [-0.05, 0) is 18.4 Å². The third kappa shape index (κ3) is 1.40.